The number of nitrogens with zero attached hydrogens (tertiary/aromatic N) is 1. The molecular formula is C16H17FN2O. The van der Waals surface area contributed by atoms with Gasteiger partial charge in [-0.15, -0.1) is 0 Å². The summed E-state index contributed by atoms with van der Waals surface area (Å²) in [6.45, 7) is 1.82. The van der Waals surface area contributed by atoms with Gasteiger partial charge in [-0.25, -0.2) is 4.39 Å². The third-order valence-electron chi connectivity index (χ3n) is 2.99. The van der Waals surface area contributed by atoms with E-state index in [1.807, 2.05) is 44.1 Å². The molecule has 0 spiro atoms. The molecule has 104 valence electrons. The Hall–Kier alpha value is -2.36. The fraction of sp³-hybridized carbons (Fsp3) is 0.188. The molecule has 0 radical (unpaired) electrons. The summed E-state index contributed by atoms with van der Waals surface area (Å²) < 4.78 is 13.7. The highest BCUT2D eigenvalue weighted by atomic mass is 19.1. The van der Waals surface area contributed by atoms with Gasteiger partial charge in [-0.05, 0) is 37.3 Å². The topological polar surface area (TPSA) is 32.3 Å². The van der Waals surface area contributed by atoms with E-state index in [1.165, 1.54) is 6.07 Å². The molecule has 0 unspecified atom stereocenters. The molecule has 3 nitrogen and oxygen atoms in total. The van der Waals surface area contributed by atoms with Crippen molar-refractivity contribution in [1.29, 1.82) is 0 Å². The molecule has 0 aliphatic carbocycles. The molecule has 2 aromatic rings. The fourth-order valence-electron chi connectivity index (χ4n) is 1.87. The van der Waals surface area contributed by atoms with E-state index in [2.05, 4.69) is 5.32 Å². The number of halogens is 1. The predicted octanol–water partition coefficient (Wildman–Crippen LogP) is 3.45. The van der Waals surface area contributed by atoms with Gasteiger partial charge in [-0.1, -0.05) is 17.7 Å². The number of carbonyl (C=O) groups excluding carboxylic acids is 1. The maximum absolute atomic E-state index is 13.7. The summed E-state index contributed by atoms with van der Waals surface area (Å²) in [5.41, 5.74) is 2.51. The highest BCUT2D eigenvalue weighted by Gasteiger charge is 2.12. The minimum atomic E-state index is -0.517. The summed E-state index contributed by atoms with van der Waals surface area (Å²) >= 11 is 0. The van der Waals surface area contributed by atoms with Crippen molar-refractivity contribution < 1.29 is 9.18 Å². The molecule has 0 atom stereocenters. The number of anilines is 2. The van der Waals surface area contributed by atoms with Crippen LogP contribution in [0.2, 0.25) is 0 Å². The molecule has 1 N–H and O–H groups in total. The zero-order valence-corrected chi connectivity index (χ0v) is 11.8. The van der Waals surface area contributed by atoms with Crippen LogP contribution < -0.4 is 10.2 Å². The van der Waals surface area contributed by atoms with Crippen molar-refractivity contribution >= 4 is 17.3 Å². The molecule has 0 aliphatic heterocycles. The molecule has 2 rings (SSSR count). The molecule has 0 fully saturated rings. The van der Waals surface area contributed by atoms with Gasteiger partial charge in [0.05, 0.1) is 5.56 Å². The normalized spacial score (nSPS) is 10.2. The first kappa shape index (κ1) is 14.1. The van der Waals surface area contributed by atoms with E-state index < -0.39 is 11.7 Å². The van der Waals surface area contributed by atoms with E-state index >= 15 is 0 Å². The van der Waals surface area contributed by atoms with Crippen molar-refractivity contribution in [3.8, 4) is 0 Å². The number of amides is 1. The van der Waals surface area contributed by atoms with E-state index in [0.29, 0.717) is 5.69 Å². The Balaban J connectivity index is 2.23. The maximum atomic E-state index is 13.7. The van der Waals surface area contributed by atoms with E-state index in [9.17, 15) is 9.18 Å². The van der Waals surface area contributed by atoms with Gasteiger partial charge in [0, 0.05) is 25.5 Å². The van der Waals surface area contributed by atoms with Crippen molar-refractivity contribution in [3.63, 3.8) is 0 Å². The van der Waals surface area contributed by atoms with Crippen molar-refractivity contribution in [3.05, 3.63) is 59.4 Å². The predicted molar refractivity (Wildman–Crippen MR) is 79.9 cm³/mol. The van der Waals surface area contributed by atoms with Crippen molar-refractivity contribution in [2.24, 2.45) is 0 Å². The summed E-state index contributed by atoms with van der Waals surface area (Å²) in [6.07, 6.45) is 0. The lowest BCUT2D eigenvalue weighted by atomic mass is 10.1. The van der Waals surface area contributed by atoms with Gasteiger partial charge >= 0.3 is 0 Å². The first-order chi connectivity index (χ1) is 9.47. The molecular weight excluding hydrogens is 255 g/mol. The van der Waals surface area contributed by atoms with E-state index in [1.54, 1.807) is 18.2 Å². The van der Waals surface area contributed by atoms with E-state index in [-0.39, 0.29) is 5.56 Å². The van der Waals surface area contributed by atoms with E-state index in [4.69, 9.17) is 0 Å². The fourth-order valence-corrected chi connectivity index (χ4v) is 1.87. The van der Waals surface area contributed by atoms with Crippen LogP contribution in [0, 0.1) is 12.7 Å². The minimum absolute atomic E-state index is 0.0558. The Morgan fingerprint density at radius 1 is 1.15 bits per heavy atom. The zero-order chi connectivity index (χ0) is 14.7. The molecule has 20 heavy (non-hydrogen) atoms. The number of rotatable bonds is 3. The highest BCUT2D eigenvalue weighted by Crippen LogP contribution is 2.19. The Morgan fingerprint density at radius 2 is 1.90 bits per heavy atom. The van der Waals surface area contributed by atoms with Crippen LogP contribution in [0.15, 0.2) is 42.5 Å². The molecule has 1 amide bonds. The van der Waals surface area contributed by atoms with Crippen LogP contribution >= 0.6 is 0 Å². The van der Waals surface area contributed by atoms with Gasteiger partial charge in [0.25, 0.3) is 5.91 Å². The molecule has 0 saturated heterocycles. The standard InChI is InChI=1S/C16H17FN2O/c1-11-7-8-15(17)14(9-11)16(20)18-12-5-4-6-13(10-12)19(2)3/h4-10H,1-3H3,(H,18,20). The Bertz CT molecular complexity index is 638. The van der Waals surface area contributed by atoms with Crippen LogP contribution in [0.5, 0.6) is 0 Å². The first-order valence-corrected chi connectivity index (χ1v) is 6.32. The second-order valence-electron chi connectivity index (χ2n) is 4.88. The lowest BCUT2D eigenvalue weighted by Gasteiger charge is -2.14. The largest absolute Gasteiger partial charge is 0.378 e. The van der Waals surface area contributed by atoms with Gasteiger partial charge in [-0.2, -0.15) is 0 Å². The lowest BCUT2D eigenvalue weighted by Crippen LogP contribution is -2.15. The van der Waals surface area contributed by atoms with Crippen LogP contribution in [-0.4, -0.2) is 20.0 Å². The quantitative estimate of drug-likeness (QED) is 0.928. The van der Waals surface area contributed by atoms with Gasteiger partial charge in [0.2, 0.25) is 0 Å². The van der Waals surface area contributed by atoms with Gasteiger partial charge in [0.1, 0.15) is 5.82 Å². The molecule has 0 bridgehead atoms. The van der Waals surface area contributed by atoms with Crippen LogP contribution in [0.4, 0.5) is 15.8 Å². The lowest BCUT2D eigenvalue weighted by molar-refractivity contribution is 0.102. The molecule has 4 heteroatoms. The molecule has 2 aromatic carbocycles. The average Bonchev–Trinajstić information content (AvgIpc) is 2.41. The number of nitrogens with one attached hydrogen (secondary N) is 1. The Kier molecular flexibility index (Phi) is 4.03. The molecule has 0 heterocycles. The summed E-state index contributed by atoms with van der Waals surface area (Å²) in [5.74, 6) is -0.959. The summed E-state index contributed by atoms with van der Waals surface area (Å²) in [6, 6.07) is 11.9. The van der Waals surface area contributed by atoms with Gasteiger partial charge in [-0.3, -0.25) is 4.79 Å². The van der Waals surface area contributed by atoms with Gasteiger partial charge < -0.3 is 10.2 Å². The SMILES string of the molecule is Cc1ccc(F)c(C(=O)Nc2cccc(N(C)C)c2)c1. The summed E-state index contributed by atoms with van der Waals surface area (Å²) in [7, 11) is 3.84. The monoisotopic (exact) mass is 272 g/mol. The molecule has 0 aliphatic rings. The van der Waals surface area contributed by atoms with Crippen molar-refractivity contribution in [1.82, 2.24) is 0 Å². The third kappa shape index (κ3) is 3.15. The van der Waals surface area contributed by atoms with E-state index in [0.717, 1.165) is 11.3 Å². The summed E-state index contributed by atoms with van der Waals surface area (Å²) in [4.78, 5) is 14.0. The number of hydrogen-bond acceptors (Lipinski definition) is 2. The summed E-state index contributed by atoms with van der Waals surface area (Å²) in [5, 5.41) is 2.72. The Labute approximate surface area is 118 Å². The number of hydrogen-bond donors (Lipinski definition) is 1. The van der Waals surface area contributed by atoms with Crippen molar-refractivity contribution in [2.75, 3.05) is 24.3 Å². The smallest absolute Gasteiger partial charge is 0.258 e. The number of carbonyl (C=O) groups is 1. The highest BCUT2D eigenvalue weighted by molar-refractivity contribution is 6.04. The second-order valence-corrected chi connectivity index (χ2v) is 4.88. The zero-order valence-electron chi connectivity index (χ0n) is 11.8. The van der Waals surface area contributed by atoms with Crippen LogP contribution in [0.1, 0.15) is 15.9 Å². The Morgan fingerprint density at radius 3 is 2.60 bits per heavy atom. The van der Waals surface area contributed by atoms with Crippen molar-refractivity contribution in [2.45, 2.75) is 6.92 Å². The van der Waals surface area contributed by atoms with Crippen LogP contribution in [0.3, 0.4) is 0 Å². The second kappa shape index (κ2) is 5.74. The molecule has 0 aromatic heterocycles. The molecule has 0 saturated carbocycles. The number of benzene rings is 2. The maximum Gasteiger partial charge on any atom is 0.258 e. The number of aryl methyl sites for hydroxylation is 1. The first-order valence-electron chi connectivity index (χ1n) is 6.32. The minimum Gasteiger partial charge on any atom is -0.378 e. The van der Waals surface area contributed by atoms with Gasteiger partial charge in [0.15, 0.2) is 0 Å². The van der Waals surface area contributed by atoms with Crippen LogP contribution in [0.25, 0.3) is 0 Å². The van der Waals surface area contributed by atoms with Crippen LogP contribution in [-0.2, 0) is 0 Å². The average molecular weight is 272 g/mol. The third-order valence-corrected chi connectivity index (χ3v) is 2.99.